The summed E-state index contributed by atoms with van der Waals surface area (Å²) >= 11 is 5.76. The van der Waals surface area contributed by atoms with E-state index in [1.807, 2.05) is 0 Å². The molecule has 0 saturated heterocycles. The van der Waals surface area contributed by atoms with Gasteiger partial charge in [0.1, 0.15) is 5.75 Å². The Bertz CT molecular complexity index is 560. The molecule has 3 N–H and O–H groups in total. The molecule has 106 valence electrons. The predicted octanol–water partition coefficient (Wildman–Crippen LogP) is 0.922. The van der Waals surface area contributed by atoms with Crippen LogP contribution in [0.4, 0.5) is 11.4 Å². The van der Waals surface area contributed by atoms with Crippen LogP contribution in [0.3, 0.4) is 0 Å². The first kappa shape index (κ1) is 15.7. The van der Waals surface area contributed by atoms with Gasteiger partial charge in [0, 0.05) is 12.1 Å². The van der Waals surface area contributed by atoms with E-state index in [1.165, 1.54) is 19.2 Å². The summed E-state index contributed by atoms with van der Waals surface area (Å²) in [4.78, 5) is 11.6. The average molecular weight is 307 g/mol. The Hall–Kier alpha value is -1.31. The topological polar surface area (TPSA) is 98.5 Å². The van der Waals surface area contributed by atoms with E-state index in [9.17, 15) is 13.2 Å². The molecule has 6 nitrogen and oxygen atoms in total. The van der Waals surface area contributed by atoms with Crippen molar-refractivity contribution in [2.75, 3.05) is 36.3 Å². The molecule has 1 aromatic carbocycles. The lowest BCUT2D eigenvalue weighted by Gasteiger charge is -2.09. The van der Waals surface area contributed by atoms with E-state index in [0.717, 1.165) is 0 Å². The molecule has 1 amide bonds. The van der Waals surface area contributed by atoms with E-state index < -0.39 is 21.5 Å². The fourth-order valence-electron chi connectivity index (χ4n) is 1.31. The zero-order valence-corrected chi connectivity index (χ0v) is 11.9. The quantitative estimate of drug-likeness (QED) is 0.762. The molecule has 1 rings (SSSR count). The SMILES string of the molecule is COCCS(=O)(=O)CC(=O)Nc1cc(Cl)ccc1N. The van der Waals surface area contributed by atoms with Crippen LogP contribution < -0.4 is 11.1 Å². The van der Waals surface area contributed by atoms with Crippen molar-refractivity contribution < 1.29 is 17.9 Å². The number of hydrogen-bond acceptors (Lipinski definition) is 5. The standard InChI is InChI=1S/C11H15ClN2O4S/c1-18-4-5-19(16,17)7-11(15)14-10-6-8(12)2-3-9(10)13/h2-3,6H,4-5,7,13H2,1H3,(H,14,15). The summed E-state index contributed by atoms with van der Waals surface area (Å²) in [5.74, 6) is -1.49. The van der Waals surface area contributed by atoms with Crippen LogP contribution in [0.25, 0.3) is 0 Å². The average Bonchev–Trinajstić information content (AvgIpc) is 2.30. The Morgan fingerprint density at radius 3 is 2.79 bits per heavy atom. The zero-order valence-electron chi connectivity index (χ0n) is 10.3. The van der Waals surface area contributed by atoms with Crippen LogP contribution in [0.1, 0.15) is 0 Å². The second-order valence-electron chi connectivity index (χ2n) is 3.86. The summed E-state index contributed by atoms with van der Waals surface area (Å²) < 4.78 is 27.8. The minimum Gasteiger partial charge on any atom is -0.397 e. The third-order valence-electron chi connectivity index (χ3n) is 2.24. The van der Waals surface area contributed by atoms with Crippen molar-refractivity contribution in [1.29, 1.82) is 0 Å². The molecule has 8 heteroatoms. The molecule has 1 aromatic rings. The first-order valence-electron chi connectivity index (χ1n) is 5.38. The number of amides is 1. The van der Waals surface area contributed by atoms with Crippen molar-refractivity contribution in [3.63, 3.8) is 0 Å². The molecular formula is C11H15ClN2O4S. The van der Waals surface area contributed by atoms with E-state index >= 15 is 0 Å². The molecular weight excluding hydrogens is 292 g/mol. The summed E-state index contributed by atoms with van der Waals surface area (Å²) in [7, 11) is -2.11. The lowest BCUT2D eigenvalue weighted by molar-refractivity contribution is -0.113. The highest BCUT2D eigenvalue weighted by Gasteiger charge is 2.17. The molecule has 0 aliphatic carbocycles. The number of nitrogens with two attached hydrogens (primary N) is 1. The fourth-order valence-corrected chi connectivity index (χ4v) is 2.51. The normalized spacial score (nSPS) is 11.3. The number of nitrogens with one attached hydrogen (secondary N) is 1. The van der Waals surface area contributed by atoms with Crippen LogP contribution in [0.5, 0.6) is 0 Å². The number of carbonyl (C=O) groups is 1. The van der Waals surface area contributed by atoms with E-state index in [0.29, 0.717) is 16.4 Å². The smallest absolute Gasteiger partial charge is 0.239 e. The Labute approximate surface area is 116 Å². The van der Waals surface area contributed by atoms with Crippen LogP contribution in [0.15, 0.2) is 18.2 Å². The van der Waals surface area contributed by atoms with Gasteiger partial charge in [-0.3, -0.25) is 4.79 Å². The number of rotatable bonds is 6. The Morgan fingerprint density at radius 1 is 1.47 bits per heavy atom. The van der Waals surface area contributed by atoms with Crippen molar-refractivity contribution in [2.45, 2.75) is 0 Å². The highest BCUT2D eigenvalue weighted by Crippen LogP contribution is 2.22. The van der Waals surface area contributed by atoms with Crippen molar-refractivity contribution in [3.8, 4) is 0 Å². The summed E-state index contributed by atoms with van der Waals surface area (Å²) in [6, 6.07) is 4.55. The molecule has 0 unspecified atom stereocenters. The highest BCUT2D eigenvalue weighted by molar-refractivity contribution is 7.92. The monoisotopic (exact) mass is 306 g/mol. The van der Waals surface area contributed by atoms with Gasteiger partial charge in [-0.2, -0.15) is 0 Å². The second-order valence-corrected chi connectivity index (χ2v) is 6.49. The zero-order chi connectivity index (χ0) is 14.5. The Kier molecular flexibility index (Phi) is 5.59. The summed E-state index contributed by atoms with van der Waals surface area (Å²) in [6.45, 7) is 0.0505. The van der Waals surface area contributed by atoms with Gasteiger partial charge < -0.3 is 15.8 Å². The van der Waals surface area contributed by atoms with Crippen LogP contribution >= 0.6 is 11.6 Å². The minimum atomic E-state index is -3.50. The molecule has 0 aromatic heterocycles. The largest absolute Gasteiger partial charge is 0.397 e. The first-order chi connectivity index (χ1) is 8.84. The highest BCUT2D eigenvalue weighted by atomic mass is 35.5. The van der Waals surface area contributed by atoms with Crippen molar-refractivity contribution >= 4 is 38.7 Å². The summed E-state index contributed by atoms with van der Waals surface area (Å²) in [5.41, 5.74) is 6.24. The molecule has 0 bridgehead atoms. The lowest BCUT2D eigenvalue weighted by atomic mass is 10.2. The number of benzene rings is 1. The molecule has 19 heavy (non-hydrogen) atoms. The van der Waals surface area contributed by atoms with E-state index in [1.54, 1.807) is 6.07 Å². The number of hydrogen-bond donors (Lipinski definition) is 2. The van der Waals surface area contributed by atoms with Crippen LogP contribution in [-0.4, -0.2) is 39.5 Å². The number of ether oxygens (including phenoxy) is 1. The molecule has 0 fully saturated rings. The first-order valence-corrected chi connectivity index (χ1v) is 7.58. The fraction of sp³-hybridized carbons (Fsp3) is 0.364. The summed E-state index contributed by atoms with van der Waals surface area (Å²) in [5, 5.41) is 2.81. The van der Waals surface area contributed by atoms with Gasteiger partial charge >= 0.3 is 0 Å². The van der Waals surface area contributed by atoms with Crippen LogP contribution in [0.2, 0.25) is 5.02 Å². The van der Waals surface area contributed by atoms with Gasteiger partial charge in [-0.25, -0.2) is 8.42 Å². The van der Waals surface area contributed by atoms with Gasteiger partial charge in [0.15, 0.2) is 9.84 Å². The number of nitrogen functional groups attached to an aromatic ring is 1. The third kappa shape index (κ3) is 5.46. The minimum absolute atomic E-state index is 0.0505. The number of anilines is 2. The Balaban J connectivity index is 2.68. The van der Waals surface area contributed by atoms with Gasteiger partial charge in [0.05, 0.1) is 23.7 Å². The van der Waals surface area contributed by atoms with Crippen LogP contribution in [-0.2, 0) is 19.4 Å². The van der Waals surface area contributed by atoms with Gasteiger partial charge in [-0.1, -0.05) is 11.6 Å². The predicted molar refractivity (Wildman–Crippen MR) is 75.0 cm³/mol. The van der Waals surface area contributed by atoms with Gasteiger partial charge in [-0.15, -0.1) is 0 Å². The van der Waals surface area contributed by atoms with Crippen molar-refractivity contribution in [3.05, 3.63) is 23.2 Å². The number of carbonyl (C=O) groups excluding carboxylic acids is 1. The summed E-state index contributed by atoms with van der Waals surface area (Å²) in [6.07, 6.45) is 0. The number of halogens is 1. The Morgan fingerprint density at radius 2 is 2.16 bits per heavy atom. The van der Waals surface area contributed by atoms with E-state index in [-0.39, 0.29) is 12.4 Å². The third-order valence-corrected chi connectivity index (χ3v) is 3.96. The molecule has 0 aliphatic rings. The van der Waals surface area contributed by atoms with Crippen LogP contribution in [0, 0.1) is 0 Å². The van der Waals surface area contributed by atoms with Gasteiger partial charge in [0.25, 0.3) is 0 Å². The molecule has 0 atom stereocenters. The molecule has 0 saturated carbocycles. The van der Waals surface area contributed by atoms with Gasteiger partial charge in [-0.05, 0) is 18.2 Å². The van der Waals surface area contributed by atoms with E-state index in [2.05, 4.69) is 10.1 Å². The lowest BCUT2D eigenvalue weighted by Crippen LogP contribution is -2.26. The second kappa shape index (κ2) is 6.74. The van der Waals surface area contributed by atoms with Crippen molar-refractivity contribution in [1.82, 2.24) is 0 Å². The molecule has 0 radical (unpaired) electrons. The maximum Gasteiger partial charge on any atom is 0.239 e. The van der Waals surface area contributed by atoms with Gasteiger partial charge in [0.2, 0.25) is 5.91 Å². The molecule has 0 aliphatic heterocycles. The van der Waals surface area contributed by atoms with E-state index in [4.69, 9.17) is 17.3 Å². The number of methoxy groups -OCH3 is 1. The number of sulfone groups is 1. The molecule has 0 spiro atoms. The van der Waals surface area contributed by atoms with Crippen molar-refractivity contribution in [2.24, 2.45) is 0 Å². The molecule has 0 heterocycles. The maximum atomic E-state index is 11.6. The maximum absolute atomic E-state index is 11.6.